The van der Waals surface area contributed by atoms with Crippen molar-refractivity contribution in [1.29, 1.82) is 0 Å². The van der Waals surface area contributed by atoms with Crippen LogP contribution in [0.4, 0.5) is 17.3 Å². The number of benzene rings is 3. The lowest BCUT2D eigenvalue weighted by atomic mass is 10.2. The summed E-state index contributed by atoms with van der Waals surface area (Å²) in [4.78, 5) is 9.11. The average molecular weight is 406 g/mol. The third-order valence-corrected chi connectivity index (χ3v) is 5.62. The Kier molecular flexibility index (Phi) is 4.77. The molecule has 0 aliphatic carbocycles. The molecule has 0 radical (unpaired) electrons. The van der Waals surface area contributed by atoms with Crippen LogP contribution in [0.15, 0.2) is 77.7 Å². The van der Waals surface area contributed by atoms with Crippen LogP contribution in [-0.4, -0.2) is 23.5 Å². The molecular weight excluding hydrogens is 388 g/mol. The molecule has 0 aliphatic rings. The third kappa shape index (κ3) is 4.12. The third-order valence-electron chi connectivity index (χ3n) is 4.26. The van der Waals surface area contributed by atoms with Gasteiger partial charge in [-0.05, 0) is 55.5 Å². The summed E-state index contributed by atoms with van der Waals surface area (Å²) in [7, 11) is -3.85. The summed E-state index contributed by atoms with van der Waals surface area (Å²) in [5.41, 5.74) is 2.77. The molecule has 1 aromatic heterocycles. The number of phenolic OH excluding ortho intramolecular Hbond substituents is 1. The van der Waals surface area contributed by atoms with Gasteiger partial charge < -0.3 is 10.4 Å². The number of hydrogen-bond donors (Lipinski definition) is 3. The highest BCUT2D eigenvalue weighted by Gasteiger charge is 2.19. The molecule has 0 aliphatic heterocycles. The molecule has 0 saturated carbocycles. The van der Waals surface area contributed by atoms with Crippen molar-refractivity contribution in [1.82, 2.24) is 9.97 Å². The number of nitrogens with zero attached hydrogens (tertiary/aromatic N) is 2. The smallest absolute Gasteiger partial charge is 0.263 e. The molecule has 4 rings (SSSR count). The van der Waals surface area contributed by atoms with Crippen molar-refractivity contribution in [2.24, 2.45) is 0 Å². The van der Waals surface area contributed by atoms with Gasteiger partial charge in [-0.1, -0.05) is 29.8 Å². The Labute approximate surface area is 168 Å². The van der Waals surface area contributed by atoms with Crippen molar-refractivity contribution in [3.8, 4) is 5.75 Å². The highest BCUT2D eigenvalue weighted by molar-refractivity contribution is 7.92. The van der Waals surface area contributed by atoms with Gasteiger partial charge in [-0.3, -0.25) is 4.72 Å². The maximum absolute atomic E-state index is 12.9. The van der Waals surface area contributed by atoms with Crippen LogP contribution >= 0.6 is 0 Å². The van der Waals surface area contributed by atoms with Crippen LogP contribution in [0.1, 0.15) is 5.56 Å². The van der Waals surface area contributed by atoms with E-state index in [1.807, 2.05) is 19.1 Å². The molecule has 7 nitrogen and oxygen atoms in total. The topological polar surface area (TPSA) is 104 Å². The highest BCUT2D eigenvalue weighted by Crippen LogP contribution is 2.27. The maximum atomic E-state index is 12.9. The van der Waals surface area contributed by atoms with Crippen molar-refractivity contribution in [2.45, 2.75) is 11.8 Å². The Hall–Kier alpha value is -3.65. The second-order valence-corrected chi connectivity index (χ2v) is 8.18. The van der Waals surface area contributed by atoms with Crippen LogP contribution in [0.2, 0.25) is 0 Å². The van der Waals surface area contributed by atoms with E-state index in [0.29, 0.717) is 16.7 Å². The molecule has 0 bridgehead atoms. The zero-order valence-corrected chi connectivity index (χ0v) is 16.3. The first-order chi connectivity index (χ1) is 13.9. The number of hydrogen-bond acceptors (Lipinski definition) is 6. The Morgan fingerprint density at radius 1 is 0.793 bits per heavy atom. The van der Waals surface area contributed by atoms with E-state index in [0.717, 1.165) is 5.56 Å². The minimum absolute atomic E-state index is 0.0809. The van der Waals surface area contributed by atoms with Gasteiger partial charge >= 0.3 is 0 Å². The average Bonchev–Trinajstić information content (AvgIpc) is 2.70. The molecule has 0 saturated heterocycles. The fourth-order valence-electron chi connectivity index (χ4n) is 2.74. The van der Waals surface area contributed by atoms with E-state index in [2.05, 4.69) is 20.0 Å². The minimum Gasteiger partial charge on any atom is -0.508 e. The second kappa shape index (κ2) is 7.40. The predicted octanol–water partition coefficient (Wildman–Crippen LogP) is 4.19. The van der Waals surface area contributed by atoms with Crippen LogP contribution < -0.4 is 10.0 Å². The van der Waals surface area contributed by atoms with E-state index in [9.17, 15) is 13.5 Å². The Morgan fingerprint density at radius 3 is 2.00 bits per heavy atom. The fourth-order valence-corrected chi connectivity index (χ4v) is 3.75. The first-order valence-corrected chi connectivity index (χ1v) is 10.3. The quantitative estimate of drug-likeness (QED) is 0.429. The Morgan fingerprint density at radius 2 is 1.38 bits per heavy atom. The molecule has 146 valence electrons. The van der Waals surface area contributed by atoms with Crippen LogP contribution in [0.3, 0.4) is 0 Å². The number of aromatic nitrogens is 2. The summed E-state index contributed by atoms with van der Waals surface area (Å²) in [6.07, 6.45) is 0. The molecule has 0 spiro atoms. The summed E-state index contributed by atoms with van der Waals surface area (Å²) >= 11 is 0. The molecule has 8 heteroatoms. The summed E-state index contributed by atoms with van der Waals surface area (Å²) < 4.78 is 28.3. The highest BCUT2D eigenvalue weighted by atomic mass is 32.2. The molecule has 1 heterocycles. The van der Waals surface area contributed by atoms with Gasteiger partial charge in [-0.15, -0.1) is 0 Å². The van der Waals surface area contributed by atoms with E-state index in [1.165, 1.54) is 12.1 Å². The van der Waals surface area contributed by atoms with Crippen LogP contribution in [0, 0.1) is 6.92 Å². The summed E-state index contributed by atoms with van der Waals surface area (Å²) in [5, 5.41) is 12.5. The number of rotatable bonds is 5. The largest absolute Gasteiger partial charge is 0.508 e. The molecule has 0 atom stereocenters. The second-order valence-electron chi connectivity index (χ2n) is 6.50. The number of sulfonamides is 1. The number of aryl methyl sites for hydroxylation is 1. The fraction of sp³-hybridized carbons (Fsp3) is 0.0476. The molecular formula is C21H18N4O3S. The molecule has 0 fully saturated rings. The van der Waals surface area contributed by atoms with Gasteiger partial charge in [-0.25, -0.2) is 18.4 Å². The molecule has 4 aromatic rings. The SMILES string of the molecule is Cc1ccc(S(=O)(=O)Nc2nc3ccccc3nc2Nc2ccc(O)cc2)cc1. The lowest BCUT2D eigenvalue weighted by Gasteiger charge is -2.14. The number of anilines is 3. The number of nitrogens with one attached hydrogen (secondary N) is 2. The standard InChI is InChI=1S/C21H18N4O3S/c1-14-6-12-17(13-7-14)29(27,28)25-21-20(22-15-8-10-16(26)11-9-15)23-18-4-2-3-5-19(18)24-21/h2-13,26H,1H3,(H,22,23)(H,24,25). The normalized spacial score (nSPS) is 11.3. The van der Waals surface area contributed by atoms with Crippen molar-refractivity contribution in [3.63, 3.8) is 0 Å². The van der Waals surface area contributed by atoms with Gasteiger partial charge in [0, 0.05) is 5.69 Å². The van der Waals surface area contributed by atoms with Crippen molar-refractivity contribution < 1.29 is 13.5 Å². The van der Waals surface area contributed by atoms with Crippen molar-refractivity contribution >= 4 is 38.4 Å². The van der Waals surface area contributed by atoms with Crippen molar-refractivity contribution in [3.05, 3.63) is 78.4 Å². The van der Waals surface area contributed by atoms with E-state index < -0.39 is 10.0 Å². The van der Waals surface area contributed by atoms with Crippen LogP contribution in [0.25, 0.3) is 11.0 Å². The van der Waals surface area contributed by atoms with Gasteiger partial charge in [0.1, 0.15) is 5.75 Å². The van der Waals surface area contributed by atoms with Gasteiger partial charge in [0.15, 0.2) is 11.6 Å². The van der Waals surface area contributed by atoms with Gasteiger partial charge in [0.2, 0.25) is 0 Å². The van der Waals surface area contributed by atoms with Crippen LogP contribution in [-0.2, 0) is 10.0 Å². The molecule has 0 unspecified atom stereocenters. The van der Waals surface area contributed by atoms with E-state index in [1.54, 1.807) is 48.5 Å². The predicted molar refractivity (Wildman–Crippen MR) is 113 cm³/mol. The number of phenols is 1. The van der Waals surface area contributed by atoms with Crippen LogP contribution in [0.5, 0.6) is 5.75 Å². The van der Waals surface area contributed by atoms with E-state index >= 15 is 0 Å². The van der Waals surface area contributed by atoms with Crippen molar-refractivity contribution in [2.75, 3.05) is 10.0 Å². The molecule has 3 aromatic carbocycles. The number of fused-ring (bicyclic) bond motifs is 1. The minimum atomic E-state index is -3.85. The van der Waals surface area contributed by atoms with E-state index in [-0.39, 0.29) is 22.3 Å². The van der Waals surface area contributed by atoms with E-state index in [4.69, 9.17) is 0 Å². The lowest BCUT2D eigenvalue weighted by molar-refractivity contribution is 0.475. The maximum Gasteiger partial charge on any atom is 0.263 e. The number of para-hydroxylation sites is 2. The summed E-state index contributed by atoms with van der Waals surface area (Å²) in [5.74, 6) is 0.461. The zero-order valence-electron chi connectivity index (χ0n) is 15.5. The summed E-state index contributed by atoms with van der Waals surface area (Å²) in [6, 6.07) is 20.1. The first kappa shape index (κ1) is 18.7. The van der Waals surface area contributed by atoms with Gasteiger partial charge in [0.25, 0.3) is 10.0 Å². The lowest BCUT2D eigenvalue weighted by Crippen LogP contribution is -2.16. The zero-order chi connectivity index (χ0) is 20.4. The summed E-state index contributed by atoms with van der Waals surface area (Å²) in [6.45, 7) is 1.89. The molecule has 0 amide bonds. The monoisotopic (exact) mass is 406 g/mol. The molecule has 29 heavy (non-hydrogen) atoms. The first-order valence-electron chi connectivity index (χ1n) is 8.83. The van der Waals surface area contributed by atoms with Gasteiger partial charge in [0.05, 0.1) is 15.9 Å². The number of aromatic hydroxyl groups is 1. The molecule has 3 N–H and O–H groups in total. The van der Waals surface area contributed by atoms with Gasteiger partial charge in [-0.2, -0.15) is 0 Å². The Bertz CT molecular complexity index is 1270. The Balaban J connectivity index is 1.77.